The van der Waals surface area contributed by atoms with Crippen LogP contribution in [-0.2, 0) is 4.79 Å². The lowest BCUT2D eigenvalue weighted by molar-refractivity contribution is -0.111. The van der Waals surface area contributed by atoms with Crippen molar-refractivity contribution in [3.05, 3.63) is 71.8 Å². The number of nitriles is 1. The number of benzene rings is 2. The van der Waals surface area contributed by atoms with Crippen molar-refractivity contribution in [1.82, 2.24) is 0 Å². The van der Waals surface area contributed by atoms with Crippen LogP contribution in [0, 0.1) is 10.7 Å². The second kappa shape index (κ2) is 7.53. The van der Waals surface area contributed by atoms with E-state index in [1.165, 1.54) is 6.08 Å². The Bertz CT molecular complexity index is 848. The Hall–Kier alpha value is -2.97. The highest BCUT2D eigenvalue weighted by Crippen LogP contribution is 2.26. The minimum absolute atomic E-state index is 0.213. The predicted molar refractivity (Wildman–Crippen MR) is 95.6 cm³/mol. The van der Waals surface area contributed by atoms with Gasteiger partial charge in [0.2, 0.25) is 5.91 Å². The Morgan fingerprint density at radius 2 is 2.00 bits per heavy atom. The monoisotopic (exact) mass is 334 g/mol. The van der Waals surface area contributed by atoms with Gasteiger partial charge in [-0.2, -0.15) is 5.26 Å². The first kappa shape index (κ1) is 15.9. The van der Waals surface area contributed by atoms with Gasteiger partial charge < -0.3 is 10.1 Å². The Morgan fingerprint density at radius 1 is 1.21 bits per heavy atom. The van der Waals surface area contributed by atoms with E-state index in [1.807, 2.05) is 35.7 Å². The van der Waals surface area contributed by atoms with Crippen LogP contribution in [0.2, 0.25) is 0 Å². The standard InChI is InChI=1S/C19H14N2O2S/c20-13-24-17-8-6-16(7-9-17)21-19(22)10-5-14-11-15-3-1-2-4-18(15)23-12-14/h1-11H,12H2,(H,21,22)/b10-5+. The zero-order valence-electron chi connectivity index (χ0n) is 12.7. The van der Waals surface area contributed by atoms with Crippen LogP contribution in [0.4, 0.5) is 5.69 Å². The van der Waals surface area contributed by atoms with Gasteiger partial charge in [-0.25, -0.2) is 0 Å². The molecule has 3 rings (SSSR count). The predicted octanol–water partition coefficient (Wildman–Crippen LogP) is 4.23. The Labute approximate surface area is 144 Å². The molecule has 1 aliphatic rings. The molecule has 1 amide bonds. The van der Waals surface area contributed by atoms with Crippen molar-refractivity contribution in [2.45, 2.75) is 4.90 Å². The number of rotatable bonds is 4. The van der Waals surface area contributed by atoms with Crippen LogP contribution in [0.3, 0.4) is 0 Å². The third-order valence-corrected chi connectivity index (χ3v) is 3.99. The summed E-state index contributed by atoms with van der Waals surface area (Å²) < 4.78 is 5.64. The highest BCUT2D eigenvalue weighted by atomic mass is 32.2. The van der Waals surface area contributed by atoms with Gasteiger partial charge in [0, 0.05) is 22.2 Å². The van der Waals surface area contributed by atoms with Crippen LogP contribution in [0.1, 0.15) is 5.56 Å². The number of thioether (sulfide) groups is 1. The van der Waals surface area contributed by atoms with Crippen LogP contribution in [0.5, 0.6) is 5.75 Å². The molecule has 0 saturated heterocycles. The van der Waals surface area contributed by atoms with Crippen LogP contribution in [0.15, 0.2) is 71.2 Å². The number of carbonyl (C=O) groups is 1. The number of fused-ring (bicyclic) bond motifs is 1. The van der Waals surface area contributed by atoms with Gasteiger partial charge in [0.05, 0.1) is 0 Å². The fraction of sp³-hybridized carbons (Fsp3) is 0.0526. The van der Waals surface area contributed by atoms with Gasteiger partial charge in [-0.1, -0.05) is 24.3 Å². The third kappa shape index (κ3) is 4.06. The zero-order valence-corrected chi connectivity index (χ0v) is 13.5. The first-order valence-electron chi connectivity index (χ1n) is 7.32. The molecule has 1 heterocycles. The molecule has 0 unspecified atom stereocenters. The third-order valence-electron chi connectivity index (χ3n) is 3.39. The van der Waals surface area contributed by atoms with Crippen molar-refractivity contribution in [3.63, 3.8) is 0 Å². The molecular weight excluding hydrogens is 320 g/mol. The second-order valence-electron chi connectivity index (χ2n) is 5.09. The molecule has 0 spiro atoms. The van der Waals surface area contributed by atoms with Crippen molar-refractivity contribution in [1.29, 1.82) is 5.26 Å². The molecule has 0 aromatic heterocycles. The van der Waals surface area contributed by atoms with Crippen LogP contribution < -0.4 is 10.1 Å². The van der Waals surface area contributed by atoms with Crippen LogP contribution in [-0.4, -0.2) is 12.5 Å². The number of hydrogen-bond acceptors (Lipinski definition) is 4. The Balaban J connectivity index is 1.62. The molecule has 118 valence electrons. The minimum Gasteiger partial charge on any atom is -0.488 e. The Morgan fingerprint density at radius 3 is 2.79 bits per heavy atom. The van der Waals surface area contributed by atoms with Crippen molar-refractivity contribution < 1.29 is 9.53 Å². The number of thiocyanates is 1. The molecule has 24 heavy (non-hydrogen) atoms. The van der Waals surface area contributed by atoms with E-state index in [0.717, 1.165) is 33.5 Å². The average Bonchev–Trinajstić information content (AvgIpc) is 2.62. The first-order chi connectivity index (χ1) is 11.7. The smallest absolute Gasteiger partial charge is 0.248 e. The number of nitrogens with one attached hydrogen (secondary N) is 1. The molecule has 5 heteroatoms. The van der Waals surface area contributed by atoms with E-state index >= 15 is 0 Å². The number of carbonyl (C=O) groups excluding carboxylic acids is 1. The summed E-state index contributed by atoms with van der Waals surface area (Å²) in [5.41, 5.74) is 2.63. The van der Waals surface area contributed by atoms with Gasteiger partial charge in [-0.3, -0.25) is 4.79 Å². The van der Waals surface area contributed by atoms with Gasteiger partial charge in [0.25, 0.3) is 0 Å². The SMILES string of the molecule is N#CSc1ccc(NC(=O)/C=C/C2=Cc3ccccc3OC2)cc1. The summed E-state index contributed by atoms with van der Waals surface area (Å²) in [5, 5.41) is 13.4. The number of nitrogens with zero attached hydrogens (tertiary/aromatic N) is 1. The molecule has 0 saturated carbocycles. The molecule has 2 aromatic rings. The summed E-state index contributed by atoms with van der Waals surface area (Å²) in [5.74, 6) is 0.643. The van der Waals surface area contributed by atoms with E-state index in [9.17, 15) is 4.79 Å². The number of amides is 1. The number of ether oxygens (including phenoxy) is 1. The molecule has 0 fully saturated rings. The summed E-state index contributed by atoms with van der Waals surface area (Å²) >= 11 is 1.08. The van der Waals surface area contributed by atoms with E-state index in [2.05, 4.69) is 5.32 Å². The Kier molecular flexibility index (Phi) is 4.99. The van der Waals surface area contributed by atoms with Crippen molar-refractivity contribution in [2.75, 3.05) is 11.9 Å². The van der Waals surface area contributed by atoms with E-state index in [1.54, 1.807) is 30.3 Å². The zero-order chi connectivity index (χ0) is 16.8. The average molecular weight is 334 g/mol. The summed E-state index contributed by atoms with van der Waals surface area (Å²) in [6.07, 6.45) is 5.25. The van der Waals surface area contributed by atoms with Crippen LogP contribution in [0.25, 0.3) is 6.08 Å². The summed E-state index contributed by atoms with van der Waals surface area (Å²) in [6.45, 7) is 0.445. The summed E-state index contributed by atoms with van der Waals surface area (Å²) in [6, 6.07) is 14.9. The fourth-order valence-corrected chi connectivity index (χ4v) is 2.63. The molecule has 1 N–H and O–H groups in total. The number of para-hydroxylation sites is 1. The van der Waals surface area contributed by atoms with Crippen molar-refractivity contribution >= 4 is 29.4 Å². The highest BCUT2D eigenvalue weighted by molar-refractivity contribution is 8.03. The summed E-state index contributed by atoms with van der Waals surface area (Å²) in [4.78, 5) is 12.8. The number of hydrogen-bond donors (Lipinski definition) is 1. The highest BCUT2D eigenvalue weighted by Gasteiger charge is 2.08. The molecule has 0 aliphatic carbocycles. The lowest BCUT2D eigenvalue weighted by Gasteiger charge is -2.15. The maximum Gasteiger partial charge on any atom is 0.248 e. The van der Waals surface area contributed by atoms with Gasteiger partial charge in [0.1, 0.15) is 17.8 Å². The molecule has 2 aromatic carbocycles. The maximum absolute atomic E-state index is 12.0. The topological polar surface area (TPSA) is 62.1 Å². The quantitative estimate of drug-likeness (QED) is 0.516. The molecular formula is C19H14N2O2S. The van der Waals surface area contributed by atoms with E-state index < -0.39 is 0 Å². The van der Waals surface area contributed by atoms with Gasteiger partial charge in [0.15, 0.2) is 0 Å². The molecule has 4 nitrogen and oxygen atoms in total. The van der Waals surface area contributed by atoms with Gasteiger partial charge in [-0.05, 0) is 53.7 Å². The van der Waals surface area contributed by atoms with Gasteiger partial charge in [-0.15, -0.1) is 0 Å². The van der Waals surface area contributed by atoms with Crippen molar-refractivity contribution in [3.8, 4) is 11.2 Å². The minimum atomic E-state index is -0.213. The largest absolute Gasteiger partial charge is 0.488 e. The lowest BCUT2D eigenvalue weighted by atomic mass is 10.1. The van der Waals surface area contributed by atoms with E-state index in [4.69, 9.17) is 10.00 Å². The van der Waals surface area contributed by atoms with E-state index in [0.29, 0.717) is 12.3 Å². The molecule has 0 atom stereocenters. The van der Waals surface area contributed by atoms with Gasteiger partial charge >= 0.3 is 0 Å². The molecule has 0 radical (unpaired) electrons. The van der Waals surface area contributed by atoms with E-state index in [-0.39, 0.29) is 5.91 Å². The van der Waals surface area contributed by atoms with Crippen LogP contribution >= 0.6 is 11.8 Å². The normalized spacial score (nSPS) is 12.7. The lowest BCUT2D eigenvalue weighted by Crippen LogP contribution is -2.09. The first-order valence-corrected chi connectivity index (χ1v) is 8.14. The fourth-order valence-electron chi connectivity index (χ4n) is 2.26. The second-order valence-corrected chi connectivity index (χ2v) is 5.94. The maximum atomic E-state index is 12.0. The number of anilines is 1. The summed E-state index contributed by atoms with van der Waals surface area (Å²) in [7, 11) is 0. The van der Waals surface area contributed by atoms with Crippen molar-refractivity contribution in [2.24, 2.45) is 0 Å². The molecule has 1 aliphatic heterocycles. The molecule has 0 bridgehead atoms.